The molecule has 2 aromatic rings. The fourth-order valence-electron chi connectivity index (χ4n) is 11.5. The lowest BCUT2D eigenvalue weighted by molar-refractivity contribution is 0.0596. The highest BCUT2D eigenvalue weighted by atomic mass is 33.7. The van der Waals surface area contributed by atoms with Crippen LogP contribution in [0.5, 0.6) is 0 Å². The van der Waals surface area contributed by atoms with E-state index in [0.717, 1.165) is 72.3 Å². The highest BCUT2D eigenvalue weighted by Crippen LogP contribution is 2.47. The normalized spacial score (nSPS) is 16.9. The minimum absolute atomic E-state index is 0.0575. The largest absolute Gasteiger partial charge is 0.508 e. The zero-order valence-corrected chi connectivity index (χ0v) is 71.5. The van der Waals surface area contributed by atoms with Crippen molar-refractivity contribution in [3.05, 3.63) is 69.8 Å². The third-order valence-electron chi connectivity index (χ3n) is 15.6. The smallest absolute Gasteiger partial charge is 0.373 e. The van der Waals surface area contributed by atoms with E-state index in [0.29, 0.717) is 92.1 Å². The number of thiol groups is 8. The summed E-state index contributed by atoms with van der Waals surface area (Å²) in [4.78, 5) is 0. The first-order chi connectivity index (χ1) is 43.1. The van der Waals surface area contributed by atoms with Crippen LogP contribution in [0.15, 0.2) is 36.4 Å². The summed E-state index contributed by atoms with van der Waals surface area (Å²) in [5.41, 5.74) is 5.86. The summed E-state index contributed by atoms with van der Waals surface area (Å²) in [5, 5.41) is -0.845. The molecule has 0 amide bonds. The summed E-state index contributed by atoms with van der Waals surface area (Å²) < 4.78 is 80.4. The lowest BCUT2D eigenvalue weighted by Gasteiger charge is -2.39. The second-order valence-corrected chi connectivity index (χ2v) is 44.3. The standard InChI is InChI=1S/C62H118O12S12Si4/c1-17-31-53(75)59(79)61(81)55(77)43-57(89(69-25-9,70-26-10)71-27-11)51-41-49(45(15)87(63-19-3,64-20-4)65-21-5)35-33-47(51)37-39-83-85-86-84-40-38-48-34-36-50(46(16)88(66-22-6,67-23-7)68-24-8)42-52(48)58(90(72-28-12,73-29-13)74-30-14)44-56(78)62(82)60(80)54(76)32-18-2/h33-36,41-42,45-46,53-62,75-82H,17-32,37-40,43-44H2,1-16H3. The molecule has 28 heteroatoms. The van der Waals surface area contributed by atoms with E-state index in [1.165, 1.54) is 11.1 Å². The van der Waals surface area contributed by atoms with E-state index in [4.69, 9.17) is 154 Å². The molecule has 90 heavy (non-hydrogen) atoms. The van der Waals surface area contributed by atoms with Crippen LogP contribution >= 0.6 is 142 Å². The number of rotatable bonds is 55. The summed E-state index contributed by atoms with van der Waals surface area (Å²) in [6.45, 7) is 38.2. The maximum absolute atomic E-state index is 6.86. The molecule has 0 aliphatic rings. The van der Waals surface area contributed by atoms with Crippen molar-refractivity contribution >= 4 is 177 Å². The first kappa shape index (κ1) is 89.1. The minimum atomic E-state index is -3.49. The summed E-state index contributed by atoms with van der Waals surface area (Å²) in [7, 11) is -6.08. The molecule has 0 fully saturated rings. The molecule has 0 aromatic heterocycles. The molecule has 526 valence electrons. The summed E-state index contributed by atoms with van der Waals surface area (Å²) in [5.74, 6) is 1.70. The van der Waals surface area contributed by atoms with Gasteiger partial charge >= 0.3 is 35.2 Å². The molecule has 0 aliphatic carbocycles. The van der Waals surface area contributed by atoms with Gasteiger partial charge in [0.2, 0.25) is 0 Å². The van der Waals surface area contributed by atoms with E-state index in [9.17, 15) is 0 Å². The highest BCUT2D eigenvalue weighted by Gasteiger charge is 2.55. The molecule has 0 bridgehead atoms. The molecule has 2 rings (SSSR count). The van der Waals surface area contributed by atoms with E-state index in [1.807, 2.05) is 124 Å². The Morgan fingerprint density at radius 2 is 0.589 bits per heavy atom. The van der Waals surface area contributed by atoms with Crippen molar-refractivity contribution in [1.82, 2.24) is 0 Å². The predicted molar refractivity (Wildman–Crippen MR) is 426 cm³/mol. The van der Waals surface area contributed by atoms with Crippen molar-refractivity contribution in [2.24, 2.45) is 0 Å². The number of hydrogen-bond donors (Lipinski definition) is 8. The maximum atomic E-state index is 6.86. The van der Waals surface area contributed by atoms with Crippen LogP contribution in [0, 0.1) is 0 Å². The minimum Gasteiger partial charge on any atom is -0.373 e. The average Bonchev–Trinajstić information content (AvgIpc) is 0.816. The van der Waals surface area contributed by atoms with Crippen LogP contribution in [0.25, 0.3) is 0 Å². The quantitative estimate of drug-likeness (QED) is 0.0139. The van der Waals surface area contributed by atoms with Gasteiger partial charge in [0, 0.05) is 133 Å². The molecule has 0 heterocycles. The molecular formula is C62H118O12S12Si4. The van der Waals surface area contributed by atoms with Crippen LogP contribution in [0.3, 0.4) is 0 Å². The molecule has 0 radical (unpaired) electrons. The molecule has 0 N–H and O–H groups in total. The zero-order chi connectivity index (χ0) is 67.5. The van der Waals surface area contributed by atoms with Crippen molar-refractivity contribution in [2.75, 3.05) is 90.8 Å². The third kappa shape index (κ3) is 26.8. The van der Waals surface area contributed by atoms with Crippen LogP contribution in [0.4, 0.5) is 0 Å². The van der Waals surface area contributed by atoms with Crippen LogP contribution < -0.4 is 0 Å². The second kappa shape index (κ2) is 48.8. The van der Waals surface area contributed by atoms with E-state index >= 15 is 0 Å². The third-order valence-corrected chi connectivity index (χ3v) is 42.3. The average molecular weight is 1550 g/mol. The molecule has 0 saturated heterocycles. The SMILES string of the molecule is CCCC(S)C(S)C(S)C(S)CC(c1cc(C(C)[Si](OCC)(OCC)OCC)ccc1CCSSSSCCc1ccc(C(C)[Si](OCC)(OCC)OCC)cc1C(CC(S)C(S)C(S)C(S)CCC)[Si](OCC)(OCC)OCC)[Si](OCC)(OCC)OCC. The van der Waals surface area contributed by atoms with E-state index in [2.05, 4.69) is 64.1 Å². The fourth-order valence-corrected chi connectivity index (χ4v) is 33.6. The van der Waals surface area contributed by atoms with Crippen LogP contribution in [0.1, 0.15) is 205 Å². The molecule has 0 aliphatic heterocycles. The van der Waals surface area contributed by atoms with Gasteiger partial charge in [0.15, 0.2) is 0 Å². The van der Waals surface area contributed by atoms with Gasteiger partial charge in [-0.05, 0) is 175 Å². The molecule has 0 saturated carbocycles. The maximum Gasteiger partial charge on any atom is 0.508 e. The van der Waals surface area contributed by atoms with Crippen LogP contribution in [-0.2, 0) is 66.0 Å². The van der Waals surface area contributed by atoms with Crippen LogP contribution in [0.2, 0.25) is 0 Å². The fraction of sp³-hybridized carbons (Fsp3) is 0.806. The monoisotopic (exact) mass is 1550 g/mol. The predicted octanol–water partition coefficient (Wildman–Crippen LogP) is 17.6. The van der Waals surface area contributed by atoms with Gasteiger partial charge in [-0.1, -0.05) is 98.5 Å². The Balaban J connectivity index is 2.79. The Hall–Kier alpha value is 3.03. The van der Waals surface area contributed by atoms with Gasteiger partial charge in [-0.25, -0.2) is 0 Å². The summed E-state index contributed by atoms with van der Waals surface area (Å²) >= 11 is 41.4. The Bertz CT molecular complexity index is 1990. The Labute approximate surface area is 611 Å². The number of benzene rings is 2. The Morgan fingerprint density at radius 1 is 0.344 bits per heavy atom. The van der Waals surface area contributed by atoms with E-state index in [-0.39, 0.29) is 64.2 Å². The van der Waals surface area contributed by atoms with Gasteiger partial charge < -0.3 is 53.1 Å². The van der Waals surface area contributed by atoms with Gasteiger partial charge in [0.05, 0.1) is 22.2 Å². The first-order valence-electron chi connectivity index (χ1n) is 33.1. The molecule has 12 unspecified atom stereocenters. The lowest BCUT2D eigenvalue weighted by atomic mass is 9.94. The number of aryl methyl sites for hydroxylation is 2. The first-order valence-corrected chi connectivity index (χ1v) is 49.5. The van der Waals surface area contributed by atoms with Crippen molar-refractivity contribution in [1.29, 1.82) is 0 Å². The van der Waals surface area contributed by atoms with Crippen molar-refractivity contribution in [3.63, 3.8) is 0 Å². The van der Waals surface area contributed by atoms with Gasteiger partial charge in [-0.3, -0.25) is 0 Å². The molecule has 0 spiro atoms. The summed E-state index contributed by atoms with van der Waals surface area (Å²) in [6, 6.07) is 13.7. The molecule has 12 nitrogen and oxygen atoms in total. The van der Waals surface area contributed by atoms with Crippen molar-refractivity contribution < 1.29 is 53.1 Å². The van der Waals surface area contributed by atoms with Crippen molar-refractivity contribution in [3.8, 4) is 0 Å². The molecule has 2 aromatic carbocycles. The lowest BCUT2D eigenvalue weighted by Crippen LogP contribution is -2.53. The molecular weight excluding hydrogens is 1430 g/mol. The van der Waals surface area contributed by atoms with Gasteiger partial charge in [-0.2, -0.15) is 101 Å². The Morgan fingerprint density at radius 3 is 0.833 bits per heavy atom. The highest BCUT2D eigenvalue weighted by molar-refractivity contribution is 9.26. The van der Waals surface area contributed by atoms with E-state index in [1.54, 1.807) is 0 Å². The van der Waals surface area contributed by atoms with Gasteiger partial charge in [0.25, 0.3) is 0 Å². The van der Waals surface area contributed by atoms with Crippen molar-refractivity contribution in [2.45, 2.75) is 226 Å². The second-order valence-electron chi connectivity index (χ2n) is 21.6. The van der Waals surface area contributed by atoms with E-state index < -0.39 is 35.2 Å². The summed E-state index contributed by atoms with van der Waals surface area (Å²) in [6.07, 6.45) is 6.60. The molecule has 12 atom stereocenters. The number of hydrogen-bond acceptors (Lipinski definition) is 24. The van der Waals surface area contributed by atoms with Gasteiger partial charge in [0.1, 0.15) is 0 Å². The zero-order valence-electron chi connectivity index (χ0n) is 57.1. The van der Waals surface area contributed by atoms with Crippen LogP contribution in [-0.4, -0.2) is 168 Å². The Kier molecular flexibility index (Phi) is 48.3. The topological polar surface area (TPSA) is 111 Å². The van der Waals surface area contributed by atoms with Gasteiger partial charge in [-0.15, -0.1) is 0 Å².